The van der Waals surface area contributed by atoms with Gasteiger partial charge in [-0.05, 0) is 55.5 Å². The maximum absolute atomic E-state index is 13.2. The maximum atomic E-state index is 13.2. The number of hydrogen-bond acceptors (Lipinski definition) is 2. The highest BCUT2D eigenvalue weighted by Crippen LogP contribution is 2.33. The minimum Gasteiger partial charge on any atom is -0.361 e. The number of Topliss-reactive ketones (excluding diaryl/α,β-unsaturated/α-hetero) is 1. The largest absolute Gasteiger partial charge is 0.361 e. The van der Waals surface area contributed by atoms with Gasteiger partial charge in [0.05, 0.1) is 4.91 Å². The van der Waals surface area contributed by atoms with Crippen LogP contribution in [0.5, 0.6) is 0 Å². The molecule has 0 spiro atoms. The smallest absolute Gasteiger partial charge is 0.199 e. The van der Waals surface area contributed by atoms with Gasteiger partial charge in [0, 0.05) is 38.1 Å². The Balaban J connectivity index is 1.77. The number of aromatic amines is 1. The molecule has 4 heteroatoms. The summed E-state index contributed by atoms with van der Waals surface area (Å²) < 4.78 is 0. The monoisotopic (exact) mass is 403 g/mol. The average Bonchev–Trinajstić information content (AvgIpc) is 3.12. The molecule has 4 aromatic rings. The first-order valence-corrected chi connectivity index (χ1v) is 10.1. The molecular weight excluding hydrogens is 386 g/mol. The fraction of sp³-hybridized carbons (Fsp3) is 0.0417. The molecule has 0 aliphatic heterocycles. The predicted octanol–water partition coefficient (Wildman–Crippen LogP) is 7.15. The first-order valence-electron chi connectivity index (χ1n) is 8.93. The van der Waals surface area contributed by atoms with Gasteiger partial charge in [-0.25, -0.2) is 0 Å². The van der Waals surface area contributed by atoms with E-state index in [0.29, 0.717) is 15.5 Å². The molecule has 0 aliphatic rings. The zero-order valence-electron chi connectivity index (χ0n) is 15.3. The summed E-state index contributed by atoms with van der Waals surface area (Å²) in [6.45, 7) is 2.05. The zero-order chi connectivity index (χ0) is 19.5. The molecule has 4 rings (SSSR count). The number of halogens is 1. The quantitative estimate of drug-likeness (QED) is 0.218. The van der Waals surface area contributed by atoms with E-state index in [4.69, 9.17) is 11.6 Å². The lowest BCUT2D eigenvalue weighted by Gasteiger charge is -2.08. The van der Waals surface area contributed by atoms with Gasteiger partial charge in [-0.2, -0.15) is 0 Å². The Morgan fingerprint density at radius 3 is 2.43 bits per heavy atom. The Labute approximate surface area is 173 Å². The van der Waals surface area contributed by atoms with Crippen molar-refractivity contribution >= 4 is 46.1 Å². The van der Waals surface area contributed by atoms with Gasteiger partial charge >= 0.3 is 0 Å². The Hall–Kier alpha value is -2.75. The Kier molecular flexibility index (Phi) is 5.38. The van der Waals surface area contributed by atoms with Crippen LogP contribution < -0.4 is 0 Å². The molecule has 0 saturated heterocycles. The molecule has 0 atom stereocenters. The van der Waals surface area contributed by atoms with Crippen molar-refractivity contribution in [2.24, 2.45) is 0 Å². The van der Waals surface area contributed by atoms with Crippen molar-refractivity contribution in [3.8, 4) is 0 Å². The van der Waals surface area contributed by atoms with Crippen molar-refractivity contribution in [3.63, 3.8) is 0 Å². The van der Waals surface area contributed by atoms with Gasteiger partial charge in [0.25, 0.3) is 0 Å². The van der Waals surface area contributed by atoms with Crippen molar-refractivity contribution < 1.29 is 4.79 Å². The molecule has 138 valence electrons. The number of nitrogens with one attached hydrogen (secondary N) is 1. The van der Waals surface area contributed by atoms with E-state index in [0.717, 1.165) is 21.4 Å². The van der Waals surface area contributed by atoms with Gasteiger partial charge in [-0.15, -0.1) is 0 Å². The summed E-state index contributed by atoms with van der Waals surface area (Å²) in [6, 6.07) is 23.3. The van der Waals surface area contributed by atoms with Crippen molar-refractivity contribution in [3.05, 3.63) is 106 Å². The maximum Gasteiger partial charge on any atom is 0.199 e. The molecule has 1 N–H and O–H groups in total. The van der Waals surface area contributed by atoms with E-state index in [-0.39, 0.29) is 5.78 Å². The zero-order valence-corrected chi connectivity index (χ0v) is 16.8. The highest BCUT2D eigenvalue weighted by atomic mass is 35.5. The number of aryl methyl sites for hydroxylation is 1. The number of H-pyrrole nitrogens is 1. The molecule has 0 fully saturated rings. The number of rotatable bonds is 5. The van der Waals surface area contributed by atoms with Gasteiger partial charge < -0.3 is 4.98 Å². The van der Waals surface area contributed by atoms with Crippen LogP contribution in [0.4, 0.5) is 0 Å². The van der Waals surface area contributed by atoms with Crippen LogP contribution in [0, 0.1) is 6.92 Å². The number of aromatic nitrogens is 1. The van der Waals surface area contributed by atoms with Crippen LogP contribution in [0.25, 0.3) is 17.0 Å². The Morgan fingerprint density at radius 1 is 0.964 bits per heavy atom. The normalized spacial score (nSPS) is 11.7. The second kappa shape index (κ2) is 8.09. The lowest BCUT2D eigenvalue weighted by molar-refractivity contribution is 0.104. The molecule has 3 aromatic carbocycles. The number of carbonyl (C=O) groups is 1. The second-order valence-electron chi connectivity index (χ2n) is 6.55. The molecule has 28 heavy (non-hydrogen) atoms. The number of para-hydroxylation sites is 1. The van der Waals surface area contributed by atoms with E-state index >= 15 is 0 Å². The van der Waals surface area contributed by atoms with E-state index in [1.54, 1.807) is 24.3 Å². The first kappa shape index (κ1) is 18.6. The van der Waals surface area contributed by atoms with Gasteiger partial charge in [-0.1, -0.05) is 59.3 Å². The molecule has 0 unspecified atom stereocenters. The van der Waals surface area contributed by atoms with Crippen LogP contribution in [-0.2, 0) is 0 Å². The number of thioether (sulfide) groups is 1. The molecule has 0 radical (unpaired) electrons. The summed E-state index contributed by atoms with van der Waals surface area (Å²) in [5, 5.41) is 1.71. The molecule has 2 nitrogen and oxygen atoms in total. The van der Waals surface area contributed by atoms with E-state index in [1.165, 1.54) is 17.3 Å². The minimum atomic E-state index is -0.0208. The Morgan fingerprint density at radius 2 is 1.68 bits per heavy atom. The third kappa shape index (κ3) is 4.06. The average molecular weight is 404 g/mol. The summed E-state index contributed by atoms with van der Waals surface area (Å²) in [6.07, 6.45) is 3.90. The number of carbonyl (C=O) groups excluding carboxylic acids is 1. The third-order valence-electron chi connectivity index (χ3n) is 4.49. The summed E-state index contributed by atoms with van der Waals surface area (Å²) in [5.74, 6) is -0.0208. The van der Waals surface area contributed by atoms with Crippen molar-refractivity contribution in [2.45, 2.75) is 11.8 Å². The lowest BCUT2D eigenvalue weighted by Crippen LogP contribution is -2.00. The van der Waals surface area contributed by atoms with Crippen LogP contribution in [0.1, 0.15) is 21.5 Å². The lowest BCUT2D eigenvalue weighted by atomic mass is 10.1. The fourth-order valence-electron chi connectivity index (χ4n) is 2.97. The number of allylic oxidation sites excluding steroid dienone is 1. The summed E-state index contributed by atoms with van der Waals surface area (Å²) in [4.78, 5) is 18.2. The molecule has 0 aliphatic carbocycles. The van der Waals surface area contributed by atoms with Crippen molar-refractivity contribution in [2.75, 3.05) is 0 Å². The number of ketones is 1. The first-order chi connectivity index (χ1) is 13.6. The minimum absolute atomic E-state index is 0.0208. The van der Waals surface area contributed by atoms with Crippen molar-refractivity contribution in [1.29, 1.82) is 0 Å². The third-order valence-corrected chi connectivity index (χ3v) is 5.77. The van der Waals surface area contributed by atoms with Gasteiger partial charge in [0.1, 0.15) is 0 Å². The standard InChI is InChI=1S/C24H18ClNOS/c1-16-6-12-20(13-7-16)28-23(24(27)17-8-10-19(25)11-9-17)14-18-15-26-22-5-3-2-4-21(18)22/h2-15,26H,1H3. The molecule has 1 heterocycles. The van der Waals surface area contributed by atoms with Crippen LogP contribution in [0.15, 0.2) is 88.8 Å². The van der Waals surface area contributed by atoms with Crippen LogP contribution >= 0.6 is 23.4 Å². The summed E-state index contributed by atoms with van der Waals surface area (Å²) >= 11 is 7.46. The molecular formula is C24H18ClNOS. The number of benzene rings is 3. The second-order valence-corrected chi connectivity index (χ2v) is 8.10. The summed E-state index contributed by atoms with van der Waals surface area (Å²) in [5.41, 5.74) is 3.85. The predicted molar refractivity (Wildman–Crippen MR) is 119 cm³/mol. The molecule has 0 amide bonds. The SMILES string of the molecule is Cc1ccc(SC(=Cc2c[nH]c3ccccc23)C(=O)c2ccc(Cl)cc2)cc1. The van der Waals surface area contributed by atoms with E-state index in [1.807, 2.05) is 42.6 Å². The molecule has 0 saturated carbocycles. The van der Waals surface area contributed by atoms with Crippen LogP contribution in [0.2, 0.25) is 5.02 Å². The van der Waals surface area contributed by atoms with E-state index < -0.39 is 0 Å². The van der Waals surface area contributed by atoms with Gasteiger partial charge in [0.2, 0.25) is 0 Å². The topological polar surface area (TPSA) is 32.9 Å². The van der Waals surface area contributed by atoms with Crippen LogP contribution in [-0.4, -0.2) is 10.8 Å². The highest BCUT2D eigenvalue weighted by Gasteiger charge is 2.15. The van der Waals surface area contributed by atoms with E-state index in [9.17, 15) is 4.79 Å². The summed E-state index contributed by atoms with van der Waals surface area (Å²) in [7, 11) is 0. The van der Waals surface area contributed by atoms with Crippen molar-refractivity contribution in [1.82, 2.24) is 4.98 Å². The number of fused-ring (bicyclic) bond motifs is 1. The van der Waals surface area contributed by atoms with E-state index in [2.05, 4.69) is 30.1 Å². The number of hydrogen-bond donors (Lipinski definition) is 1. The van der Waals surface area contributed by atoms with Crippen LogP contribution in [0.3, 0.4) is 0 Å². The Bertz CT molecular complexity index is 1160. The van der Waals surface area contributed by atoms with Gasteiger partial charge in [0.15, 0.2) is 5.78 Å². The fourth-order valence-corrected chi connectivity index (χ4v) is 4.02. The highest BCUT2D eigenvalue weighted by molar-refractivity contribution is 8.04. The molecule has 1 aromatic heterocycles. The molecule has 0 bridgehead atoms. The van der Waals surface area contributed by atoms with Gasteiger partial charge in [-0.3, -0.25) is 4.79 Å².